The minimum atomic E-state index is -0.345. The number of esters is 1. The molecule has 0 spiro atoms. The summed E-state index contributed by atoms with van der Waals surface area (Å²) < 4.78 is 4.60. The summed E-state index contributed by atoms with van der Waals surface area (Å²) in [6, 6.07) is 8.22. The van der Waals surface area contributed by atoms with Gasteiger partial charge in [0.1, 0.15) is 0 Å². The molecule has 1 unspecified atom stereocenters. The summed E-state index contributed by atoms with van der Waals surface area (Å²) in [6.45, 7) is 1.83. The molecule has 2 N–H and O–H groups in total. The number of ether oxygens (including phenoxy) is 1. The Morgan fingerprint density at radius 2 is 2.28 bits per heavy atom. The largest absolute Gasteiger partial charge is 0.466 e. The number of rotatable bonds is 3. The second-order valence-corrected chi connectivity index (χ2v) is 4.41. The molecule has 1 aromatic carbocycles. The lowest BCUT2D eigenvalue weighted by Gasteiger charge is -2.20. The number of anilines is 1. The molecule has 1 saturated heterocycles. The lowest BCUT2D eigenvalue weighted by Crippen LogP contribution is -2.26. The number of carbonyl (C=O) groups is 1. The fourth-order valence-corrected chi connectivity index (χ4v) is 2.15. The third-order valence-corrected chi connectivity index (χ3v) is 3.10. The number of benzene rings is 1. The van der Waals surface area contributed by atoms with Gasteiger partial charge < -0.3 is 15.4 Å². The fourth-order valence-electron chi connectivity index (χ4n) is 2.15. The van der Waals surface area contributed by atoms with Gasteiger partial charge in [-0.15, -0.1) is 0 Å². The monoisotopic (exact) mass is 246 g/mol. The average Bonchev–Trinajstić information content (AvgIpc) is 2.83. The number of nitrogens with two attached hydrogens (primary N) is 1. The Bertz CT molecular complexity index is 457. The van der Waals surface area contributed by atoms with E-state index in [0.29, 0.717) is 0 Å². The molecule has 1 aliphatic heterocycles. The van der Waals surface area contributed by atoms with E-state index < -0.39 is 0 Å². The zero-order valence-corrected chi connectivity index (χ0v) is 10.5. The van der Waals surface area contributed by atoms with Gasteiger partial charge in [-0.1, -0.05) is 18.2 Å². The molecule has 1 heterocycles. The Kier molecular flexibility index (Phi) is 3.99. The van der Waals surface area contributed by atoms with E-state index in [-0.39, 0.29) is 12.0 Å². The van der Waals surface area contributed by atoms with Crippen molar-refractivity contribution in [3.05, 3.63) is 35.9 Å². The van der Waals surface area contributed by atoms with Crippen LogP contribution in [0.4, 0.5) is 5.69 Å². The SMILES string of the molecule is COC(=O)/C=C/c1ccccc1N1CCC(N)C1. The molecule has 4 heteroatoms. The Labute approximate surface area is 107 Å². The minimum absolute atomic E-state index is 0.239. The number of nitrogens with zero attached hydrogens (tertiary/aromatic N) is 1. The van der Waals surface area contributed by atoms with Crippen LogP contribution in [0.25, 0.3) is 6.08 Å². The number of hydrogen-bond donors (Lipinski definition) is 1. The molecule has 1 aromatic rings. The molecule has 0 saturated carbocycles. The van der Waals surface area contributed by atoms with Gasteiger partial charge in [-0.2, -0.15) is 0 Å². The van der Waals surface area contributed by atoms with E-state index in [1.807, 2.05) is 18.2 Å². The predicted octanol–water partition coefficient (Wildman–Crippen LogP) is 1.41. The summed E-state index contributed by atoms with van der Waals surface area (Å²) in [7, 11) is 1.37. The van der Waals surface area contributed by atoms with E-state index in [2.05, 4.69) is 15.7 Å². The van der Waals surface area contributed by atoms with Crippen LogP contribution in [0.5, 0.6) is 0 Å². The Hall–Kier alpha value is -1.81. The molecule has 2 rings (SSSR count). The van der Waals surface area contributed by atoms with Crippen molar-refractivity contribution >= 4 is 17.7 Å². The normalized spacial score (nSPS) is 19.4. The van der Waals surface area contributed by atoms with Crippen molar-refractivity contribution < 1.29 is 9.53 Å². The summed E-state index contributed by atoms with van der Waals surface area (Å²) >= 11 is 0. The van der Waals surface area contributed by atoms with Crippen molar-refractivity contribution in [3.8, 4) is 0 Å². The molecule has 0 radical (unpaired) electrons. The molecule has 1 fully saturated rings. The van der Waals surface area contributed by atoms with Gasteiger partial charge in [0.25, 0.3) is 0 Å². The van der Waals surface area contributed by atoms with Gasteiger partial charge in [0.05, 0.1) is 7.11 Å². The first-order valence-electron chi connectivity index (χ1n) is 6.06. The summed E-state index contributed by atoms with van der Waals surface area (Å²) in [5.74, 6) is -0.345. The Morgan fingerprint density at radius 3 is 2.94 bits per heavy atom. The molecule has 96 valence electrons. The van der Waals surface area contributed by atoms with Crippen LogP contribution in [0.1, 0.15) is 12.0 Å². The van der Waals surface area contributed by atoms with Gasteiger partial charge in [0, 0.05) is 30.9 Å². The van der Waals surface area contributed by atoms with Crippen LogP contribution in [0.2, 0.25) is 0 Å². The second kappa shape index (κ2) is 5.69. The fraction of sp³-hybridized carbons (Fsp3) is 0.357. The van der Waals surface area contributed by atoms with E-state index in [1.54, 1.807) is 6.08 Å². The van der Waals surface area contributed by atoms with E-state index >= 15 is 0 Å². The zero-order valence-electron chi connectivity index (χ0n) is 10.5. The van der Waals surface area contributed by atoms with Gasteiger partial charge in [0.15, 0.2) is 0 Å². The molecule has 0 aliphatic carbocycles. The highest BCUT2D eigenvalue weighted by Crippen LogP contribution is 2.25. The van der Waals surface area contributed by atoms with Crippen molar-refractivity contribution in [2.24, 2.45) is 5.73 Å². The molecular weight excluding hydrogens is 228 g/mol. The standard InChI is InChI=1S/C14H18N2O2/c1-18-14(17)7-6-11-4-2-3-5-13(11)16-9-8-12(15)10-16/h2-7,12H,8-10,15H2,1H3/b7-6+. The minimum Gasteiger partial charge on any atom is -0.466 e. The zero-order chi connectivity index (χ0) is 13.0. The van der Waals surface area contributed by atoms with Crippen molar-refractivity contribution in [1.29, 1.82) is 0 Å². The van der Waals surface area contributed by atoms with Crippen LogP contribution >= 0.6 is 0 Å². The maximum absolute atomic E-state index is 11.1. The number of para-hydroxylation sites is 1. The number of carbonyl (C=O) groups excluding carboxylic acids is 1. The molecular formula is C14H18N2O2. The highest BCUT2D eigenvalue weighted by Gasteiger charge is 2.20. The maximum atomic E-state index is 11.1. The van der Waals surface area contributed by atoms with Crippen molar-refractivity contribution in [2.75, 3.05) is 25.1 Å². The van der Waals surface area contributed by atoms with Gasteiger partial charge in [0.2, 0.25) is 0 Å². The summed E-state index contributed by atoms with van der Waals surface area (Å²) in [5.41, 5.74) is 8.05. The van der Waals surface area contributed by atoms with Gasteiger partial charge >= 0.3 is 5.97 Å². The summed E-state index contributed by atoms with van der Waals surface area (Å²) in [6.07, 6.45) is 4.23. The maximum Gasteiger partial charge on any atom is 0.330 e. The Morgan fingerprint density at radius 1 is 1.50 bits per heavy atom. The Balaban J connectivity index is 2.20. The summed E-state index contributed by atoms with van der Waals surface area (Å²) in [4.78, 5) is 13.4. The molecule has 0 aromatic heterocycles. The molecule has 0 bridgehead atoms. The highest BCUT2D eigenvalue weighted by molar-refractivity contribution is 5.88. The second-order valence-electron chi connectivity index (χ2n) is 4.41. The van der Waals surface area contributed by atoms with Crippen molar-refractivity contribution in [2.45, 2.75) is 12.5 Å². The van der Waals surface area contributed by atoms with E-state index in [4.69, 9.17) is 5.73 Å². The van der Waals surface area contributed by atoms with Crippen LogP contribution < -0.4 is 10.6 Å². The van der Waals surface area contributed by atoms with Crippen LogP contribution in [-0.4, -0.2) is 32.2 Å². The van der Waals surface area contributed by atoms with Crippen LogP contribution in [0.15, 0.2) is 30.3 Å². The lowest BCUT2D eigenvalue weighted by atomic mass is 10.1. The van der Waals surface area contributed by atoms with Gasteiger partial charge in [-0.3, -0.25) is 0 Å². The topological polar surface area (TPSA) is 55.6 Å². The lowest BCUT2D eigenvalue weighted by molar-refractivity contribution is -0.134. The van der Waals surface area contributed by atoms with Crippen molar-refractivity contribution in [3.63, 3.8) is 0 Å². The smallest absolute Gasteiger partial charge is 0.330 e. The van der Waals surface area contributed by atoms with Crippen LogP contribution in [0, 0.1) is 0 Å². The molecule has 0 amide bonds. The van der Waals surface area contributed by atoms with Crippen molar-refractivity contribution in [1.82, 2.24) is 0 Å². The van der Waals surface area contributed by atoms with E-state index in [0.717, 1.165) is 30.8 Å². The quantitative estimate of drug-likeness (QED) is 0.647. The average molecular weight is 246 g/mol. The first kappa shape index (κ1) is 12.6. The van der Waals surface area contributed by atoms with E-state index in [9.17, 15) is 4.79 Å². The third kappa shape index (κ3) is 2.90. The molecule has 1 atom stereocenters. The van der Waals surface area contributed by atoms with Gasteiger partial charge in [-0.25, -0.2) is 4.79 Å². The first-order valence-corrected chi connectivity index (χ1v) is 6.06. The molecule has 18 heavy (non-hydrogen) atoms. The number of methoxy groups -OCH3 is 1. The highest BCUT2D eigenvalue weighted by atomic mass is 16.5. The first-order chi connectivity index (χ1) is 8.70. The summed E-state index contributed by atoms with van der Waals surface area (Å²) in [5, 5.41) is 0. The molecule has 4 nitrogen and oxygen atoms in total. The van der Waals surface area contributed by atoms with Crippen LogP contribution in [-0.2, 0) is 9.53 Å². The third-order valence-electron chi connectivity index (χ3n) is 3.10. The van der Waals surface area contributed by atoms with Gasteiger partial charge in [-0.05, 0) is 24.1 Å². The van der Waals surface area contributed by atoms with Crippen LogP contribution in [0.3, 0.4) is 0 Å². The predicted molar refractivity (Wildman–Crippen MR) is 72.3 cm³/mol. The number of hydrogen-bond acceptors (Lipinski definition) is 4. The van der Waals surface area contributed by atoms with E-state index in [1.165, 1.54) is 13.2 Å². The molecule has 1 aliphatic rings.